The van der Waals surface area contributed by atoms with Gasteiger partial charge in [0.05, 0.1) is 5.51 Å². The third-order valence-electron chi connectivity index (χ3n) is 0.630. The second kappa shape index (κ2) is 2.25. The van der Waals surface area contributed by atoms with E-state index in [0.717, 1.165) is 3.79 Å². The Hall–Kier alpha value is -0.400. The van der Waals surface area contributed by atoms with Crippen LogP contribution in [-0.4, -0.2) is 4.98 Å². The molecule has 1 heterocycles. The number of rotatable bonds is 0. The van der Waals surface area contributed by atoms with Gasteiger partial charge in [0.1, 0.15) is 9.86 Å². The molecule has 0 atom stereocenters. The Balaban J connectivity index is 3.15. The van der Waals surface area contributed by atoms with Crippen molar-refractivity contribution in [2.45, 2.75) is 0 Å². The van der Waals surface area contributed by atoms with Crippen LogP contribution in [0.1, 0.15) is 5.69 Å². The average molecular weight is 189 g/mol. The highest BCUT2D eigenvalue weighted by atomic mass is 79.9. The van der Waals surface area contributed by atoms with Crippen LogP contribution < -0.4 is 0 Å². The molecule has 0 unspecified atom stereocenters. The van der Waals surface area contributed by atoms with Crippen molar-refractivity contribution in [1.82, 2.24) is 4.98 Å². The molecule has 40 valence electrons. The van der Waals surface area contributed by atoms with Gasteiger partial charge in [0.25, 0.3) is 0 Å². The van der Waals surface area contributed by atoms with Gasteiger partial charge in [-0.25, -0.2) is 4.98 Å². The first-order valence-corrected chi connectivity index (χ1v) is 3.51. The number of halogens is 1. The molecule has 0 aliphatic heterocycles. The summed E-state index contributed by atoms with van der Waals surface area (Å²) in [4.78, 5) is 3.74. The highest BCUT2D eigenvalue weighted by Crippen LogP contribution is 2.18. The van der Waals surface area contributed by atoms with Crippen LogP contribution in [0.4, 0.5) is 0 Å². The van der Waals surface area contributed by atoms with E-state index < -0.39 is 0 Å². The van der Waals surface area contributed by atoms with Gasteiger partial charge >= 0.3 is 0 Å². The normalized spacial score (nSPS) is 8.50. The Morgan fingerprint density at radius 2 is 2.62 bits per heavy atom. The first-order valence-electron chi connectivity index (χ1n) is 1.83. The van der Waals surface area contributed by atoms with E-state index in [1.54, 1.807) is 5.51 Å². The molecule has 0 N–H and O–H groups in total. The SMILES string of the molecule is N#Cc1ncsc1Br. The Labute approximate surface area is 58.9 Å². The van der Waals surface area contributed by atoms with Crippen molar-refractivity contribution in [3.05, 3.63) is 15.0 Å². The standard InChI is InChI=1S/C4HBrN2S/c5-4-3(1-6)7-2-8-4/h2H. The molecule has 0 aliphatic rings. The Kier molecular flexibility index (Phi) is 1.61. The van der Waals surface area contributed by atoms with Gasteiger partial charge in [-0.1, -0.05) is 0 Å². The van der Waals surface area contributed by atoms with Crippen LogP contribution in [0, 0.1) is 11.3 Å². The van der Waals surface area contributed by atoms with Gasteiger partial charge in [-0.2, -0.15) is 5.26 Å². The summed E-state index contributed by atoms with van der Waals surface area (Å²) in [7, 11) is 0. The van der Waals surface area contributed by atoms with Gasteiger partial charge in [0, 0.05) is 0 Å². The van der Waals surface area contributed by atoms with Gasteiger partial charge in [0.2, 0.25) is 0 Å². The van der Waals surface area contributed by atoms with Gasteiger partial charge < -0.3 is 0 Å². The van der Waals surface area contributed by atoms with Crippen molar-refractivity contribution in [2.24, 2.45) is 0 Å². The predicted octanol–water partition coefficient (Wildman–Crippen LogP) is 1.78. The maximum absolute atomic E-state index is 8.27. The maximum Gasteiger partial charge on any atom is 0.165 e. The van der Waals surface area contributed by atoms with Crippen molar-refractivity contribution >= 4 is 27.3 Å². The molecule has 0 amide bonds. The summed E-state index contributed by atoms with van der Waals surface area (Å²) in [5.41, 5.74) is 2.10. The first-order chi connectivity index (χ1) is 3.84. The Bertz CT molecular complexity index is 224. The van der Waals surface area contributed by atoms with E-state index in [1.165, 1.54) is 11.3 Å². The summed E-state index contributed by atoms with van der Waals surface area (Å²) in [5, 5.41) is 8.27. The molecule has 0 saturated carbocycles. The highest BCUT2D eigenvalue weighted by molar-refractivity contribution is 9.11. The second-order valence-electron chi connectivity index (χ2n) is 1.09. The minimum atomic E-state index is 0.468. The lowest BCUT2D eigenvalue weighted by Crippen LogP contribution is -1.68. The molecule has 0 radical (unpaired) electrons. The third-order valence-corrected chi connectivity index (χ3v) is 2.18. The van der Waals surface area contributed by atoms with Gasteiger partial charge in [-0.05, 0) is 15.9 Å². The van der Waals surface area contributed by atoms with Crippen LogP contribution in [-0.2, 0) is 0 Å². The lowest BCUT2D eigenvalue weighted by Gasteiger charge is -1.72. The lowest BCUT2D eigenvalue weighted by molar-refractivity contribution is 1.33. The molecule has 1 aromatic heterocycles. The molecule has 0 aromatic carbocycles. The molecule has 2 nitrogen and oxygen atoms in total. The molecule has 0 bridgehead atoms. The molecular weight excluding hydrogens is 188 g/mol. The minimum Gasteiger partial charge on any atom is -0.233 e. The van der Waals surface area contributed by atoms with Crippen molar-refractivity contribution < 1.29 is 0 Å². The summed E-state index contributed by atoms with van der Waals surface area (Å²) < 4.78 is 0.806. The minimum absolute atomic E-state index is 0.468. The molecule has 8 heavy (non-hydrogen) atoms. The van der Waals surface area contributed by atoms with E-state index in [4.69, 9.17) is 5.26 Å². The molecule has 0 saturated heterocycles. The summed E-state index contributed by atoms with van der Waals surface area (Å²) in [6, 6.07) is 1.93. The summed E-state index contributed by atoms with van der Waals surface area (Å²) in [6.45, 7) is 0. The fraction of sp³-hybridized carbons (Fsp3) is 0. The summed E-state index contributed by atoms with van der Waals surface area (Å²) in [6.07, 6.45) is 0. The lowest BCUT2D eigenvalue weighted by atomic mass is 10.6. The fourth-order valence-corrected chi connectivity index (χ4v) is 1.21. The van der Waals surface area contributed by atoms with Gasteiger partial charge in [-0.15, -0.1) is 11.3 Å². The number of nitriles is 1. The van der Waals surface area contributed by atoms with E-state index in [-0.39, 0.29) is 0 Å². The number of thiazole rings is 1. The zero-order valence-electron chi connectivity index (χ0n) is 3.76. The zero-order chi connectivity index (χ0) is 5.98. The van der Waals surface area contributed by atoms with Crippen molar-refractivity contribution in [3.8, 4) is 6.07 Å². The molecule has 4 heteroatoms. The zero-order valence-corrected chi connectivity index (χ0v) is 6.16. The van der Waals surface area contributed by atoms with Crippen LogP contribution in [0.25, 0.3) is 0 Å². The smallest absolute Gasteiger partial charge is 0.165 e. The number of aromatic nitrogens is 1. The van der Waals surface area contributed by atoms with E-state index in [0.29, 0.717) is 5.69 Å². The maximum atomic E-state index is 8.27. The molecule has 0 fully saturated rings. The van der Waals surface area contributed by atoms with E-state index >= 15 is 0 Å². The Morgan fingerprint density at radius 1 is 1.88 bits per heavy atom. The summed E-state index contributed by atoms with van der Waals surface area (Å²) in [5.74, 6) is 0. The third kappa shape index (κ3) is 0.881. The molecule has 0 spiro atoms. The molecular formula is C4HBrN2S. The van der Waals surface area contributed by atoms with Crippen LogP contribution >= 0.6 is 27.3 Å². The monoisotopic (exact) mass is 188 g/mol. The first kappa shape index (κ1) is 5.73. The van der Waals surface area contributed by atoms with Crippen LogP contribution in [0.2, 0.25) is 0 Å². The summed E-state index contributed by atoms with van der Waals surface area (Å²) >= 11 is 4.57. The van der Waals surface area contributed by atoms with Crippen LogP contribution in [0.15, 0.2) is 9.30 Å². The Morgan fingerprint density at radius 3 is 2.88 bits per heavy atom. The number of hydrogen-bond donors (Lipinski definition) is 0. The average Bonchev–Trinajstić information content (AvgIpc) is 2.14. The van der Waals surface area contributed by atoms with Crippen molar-refractivity contribution in [1.29, 1.82) is 5.26 Å². The van der Waals surface area contributed by atoms with Crippen LogP contribution in [0.5, 0.6) is 0 Å². The number of nitrogens with zero attached hydrogens (tertiary/aromatic N) is 2. The second-order valence-corrected chi connectivity index (χ2v) is 3.26. The van der Waals surface area contributed by atoms with Crippen molar-refractivity contribution in [2.75, 3.05) is 0 Å². The van der Waals surface area contributed by atoms with E-state index in [1.807, 2.05) is 6.07 Å². The largest absolute Gasteiger partial charge is 0.233 e. The van der Waals surface area contributed by atoms with E-state index in [2.05, 4.69) is 20.9 Å². The predicted molar refractivity (Wildman–Crippen MR) is 34.5 cm³/mol. The van der Waals surface area contributed by atoms with Gasteiger partial charge in [0.15, 0.2) is 5.69 Å². The molecule has 1 rings (SSSR count). The molecule has 1 aromatic rings. The van der Waals surface area contributed by atoms with Crippen molar-refractivity contribution in [3.63, 3.8) is 0 Å². The van der Waals surface area contributed by atoms with E-state index in [9.17, 15) is 0 Å². The number of hydrogen-bond acceptors (Lipinski definition) is 3. The van der Waals surface area contributed by atoms with Gasteiger partial charge in [-0.3, -0.25) is 0 Å². The molecule has 0 aliphatic carbocycles. The topological polar surface area (TPSA) is 36.7 Å². The quantitative estimate of drug-likeness (QED) is 0.623. The fourth-order valence-electron chi connectivity index (χ4n) is 0.305. The van der Waals surface area contributed by atoms with Crippen LogP contribution in [0.3, 0.4) is 0 Å². The highest BCUT2D eigenvalue weighted by Gasteiger charge is 1.97.